The minimum atomic E-state index is -3.61. The lowest BCUT2D eigenvalue weighted by molar-refractivity contribution is -0.151. The molecule has 2 aromatic carbocycles. The summed E-state index contributed by atoms with van der Waals surface area (Å²) in [6, 6.07) is 14.9. The molecule has 1 aliphatic heterocycles. The first-order chi connectivity index (χ1) is 12.5. The molecule has 0 aliphatic carbocycles. The fourth-order valence-corrected chi connectivity index (χ4v) is 4.42. The summed E-state index contributed by atoms with van der Waals surface area (Å²) in [5.74, 6) is -0.552. The number of benzene rings is 2. The van der Waals surface area contributed by atoms with E-state index in [9.17, 15) is 18.3 Å². The van der Waals surface area contributed by atoms with E-state index in [0.29, 0.717) is 12.8 Å². The monoisotopic (exact) mass is 375 g/mol. The molecule has 0 saturated carbocycles. The maximum absolute atomic E-state index is 12.6. The van der Waals surface area contributed by atoms with Crippen LogP contribution in [0, 0.1) is 5.92 Å². The molecule has 0 spiro atoms. The Hall–Kier alpha value is -2.38. The van der Waals surface area contributed by atoms with Gasteiger partial charge in [0.05, 0.1) is 10.8 Å². The Morgan fingerprint density at radius 2 is 1.65 bits per heavy atom. The summed E-state index contributed by atoms with van der Waals surface area (Å²) in [6.07, 6.45) is 0.871. The fourth-order valence-electron chi connectivity index (χ4n) is 2.95. The van der Waals surface area contributed by atoms with Crippen LogP contribution in [0.1, 0.15) is 18.4 Å². The number of piperidine rings is 1. The summed E-state index contributed by atoms with van der Waals surface area (Å²) in [5, 5.41) is 9.30. The van der Waals surface area contributed by atoms with Crippen molar-refractivity contribution in [1.82, 2.24) is 4.31 Å². The zero-order valence-electron chi connectivity index (χ0n) is 14.2. The van der Waals surface area contributed by atoms with E-state index in [1.165, 1.54) is 28.6 Å². The third kappa shape index (κ3) is 4.23. The number of phenols is 1. The molecule has 0 bridgehead atoms. The minimum Gasteiger partial charge on any atom is -0.508 e. The molecule has 1 fully saturated rings. The molecular weight excluding hydrogens is 354 g/mol. The van der Waals surface area contributed by atoms with Crippen LogP contribution in [0.25, 0.3) is 0 Å². The largest absolute Gasteiger partial charge is 0.508 e. The van der Waals surface area contributed by atoms with Crippen molar-refractivity contribution in [3.63, 3.8) is 0 Å². The Morgan fingerprint density at radius 3 is 2.27 bits per heavy atom. The van der Waals surface area contributed by atoms with Crippen LogP contribution in [-0.2, 0) is 26.2 Å². The number of carbonyl (C=O) groups is 1. The molecule has 1 saturated heterocycles. The highest BCUT2D eigenvalue weighted by molar-refractivity contribution is 7.89. The smallest absolute Gasteiger partial charge is 0.309 e. The van der Waals surface area contributed by atoms with E-state index in [0.717, 1.165) is 5.56 Å². The Morgan fingerprint density at radius 1 is 1.04 bits per heavy atom. The van der Waals surface area contributed by atoms with Crippen molar-refractivity contribution in [2.75, 3.05) is 13.1 Å². The average Bonchev–Trinajstić information content (AvgIpc) is 2.67. The van der Waals surface area contributed by atoms with Crippen molar-refractivity contribution in [2.24, 2.45) is 5.92 Å². The standard InChI is InChI=1S/C19H21NO5S/c21-17-6-8-18(9-7-17)26(23,24)20-12-10-16(11-13-20)19(22)25-14-15-4-2-1-3-5-15/h1-9,16,21H,10-14H2. The molecule has 1 aliphatic rings. The van der Waals surface area contributed by atoms with E-state index in [1.54, 1.807) is 0 Å². The van der Waals surface area contributed by atoms with Crippen molar-refractivity contribution in [3.05, 3.63) is 60.2 Å². The second-order valence-electron chi connectivity index (χ2n) is 6.27. The van der Waals surface area contributed by atoms with Gasteiger partial charge in [-0.3, -0.25) is 4.79 Å². The number of nitrogens with zero attached hydrogens (tertiary/aromatic N) is 1. The van der Waals surface area contributed by atoms with E-state index in [2.05, 4.69) is 0 Å². The van der Waals surface area contributed by atoms with Gasteiger partial charge in [-0.2, -0.15) is 4.31 Å². The summed E-state index contributed by atoms with van der Waals surface area (Å²) in [4.78, 5) is 12.4. The lowest BCUT2D eigenvalue weighted by Gasteiger charge is -2.30. The first-order valence-electron chi connectivity index (χ1n) is 8.46. The van der Waals surface area contributed by atoms with Crippen molar-refractivity contribution in [1.29, 1.82) is 0 Å². The summed E-state index contributed by atoms with van der Waals surface area (Å²) < 4.78 is 32.0. The molecule has 1 N–H and O–H groups in total. The topological polar surface area (TPSA) is 83.9 Å². The molecule has 6 nitrogen and oxygen atoms in total. The van der Waals surface area contributed by atoms with Crippen LogP contribution in [0.5, 0.6) is 5.75 Å². The van der Waals surface area contributed by atoms with Gasteiger partial charge >= 0.3 is 5.97 Å². The predicted molar refractivity (Wildman–Crippen MR) is 95.8 cm³/mol. The maximum atomic E-state index is 12.6. The van der Waals surface area contributed by atoms with Crippen LogP contribution in [-0.4, -0.2) is 36.9 Å². The molecule has 7 heteroatoms. The highest BCUT2D eigenvalue weighted by Crippen LogP contribution is 2.25. The number of carbonyl (C=O) groups excluding carboxylic acids is 1. The summed E-state index contributed by atoms with van der Waals surface area (Å²) in [7, 11) is -3.61. The van der Waals surface area contributed by atoms with E-state index < -0.39 is 10.0 Å². The Kier molecular flexibility index (Phi) is 5.58. The highest BCUT2D eigenvalue weighted by atomic mass is 32.2. The van der Waals surface area contributed by atoms with Crippen molar-refractivity contribution in [3.8, 4) is 5.75 Å². The van der Waals surface area contributed by atoms with Gasteiger partial charge in [-0.1, -0.05) is 30.3 Å². The number of hydrogen-bond acceptors (Lipinski definition) is 5. The van der Waals surface area contributed by atoms with E-state index in [-0.39, 0.29) is 42.2 Å². The lowest BCUT2D eigenvalue weighted by Crippen LogP contribution is -2.40. The van der Waals surface area contributed by atoms with Gasteiger partial charge in [0.1, 0.15) is 12.4 Å². The number of sulfonamides is 1. The lowest BCUT2D eigenvalue weighted by atomic mass is 9.98. The fraction of sp³-hybridized carbons (Fsp3) is 0.316. The molecule has 0 unspecified atom stereocenters. The molecule has 0 amide bonds. The Balaban J connectivity index is 1.55. The number of aromatic hydroxyl groups is 1. The van der Waals surface area contributed by atoms with Crippen LogP contribution >= 0.6 is 0 Å². The molecular formula is C19H21NO5S. The normalized spacial score (nSPS) is 16.3. The summed E-state index contributed by atoms with van der Waals surface area (Å²) in [5.41, 5.74) is 0.924. The molecule has 2 aromatic rings. The second-order valence-corrected chi connectivity index (χ2v) is 8.20. The Bertz CT molecular complexity index is 841. The molecule has 0 aromatic heterocycles. The highest BCUT2D eigenvalue weighted by Gasteiger charge is 2.32. The first kappa shape index (κ1) is 18.4. The third-order valence-electron chi connectivity index (χ3n) is 4.49. The third-order valence-corrected chi connectivity index (χ3v) is 6.40. The number of esters is 1. The minimum absolute atomic E-state index is 0.0174. The molecule has 0 atom stereocenters. The van der Waals surface area contributed by atoms with Crippen molar-refractivity contribution >= 4 is 16.0 Å². The Labute approximate surface area is 153 Å². The summed E-state index contributed by atoms with van der Waals surface area (Å²) >= 11 is 0. The van der Waals surface area contributed by atoms with E-state index in [4.69, 9.17) is 4.74 Å². The number of rotatable bonds is 5. The van der Waals surface area contributed by atoms with Gasteiger partial charge in [-0.25, -0.2) is 8.42 Å². The quantitative estimate of drug-likeness (QED) is 0.812. The van der Waals surface area contributed by atoms with Gasteiger partial charge in [0.25, 0.3) is 0 Å². The van der Waals surface area contributed by atoms with Gasteiger partial charge in [0, 0.05) is 13.1 Å². The molecule has 1 heterocycles. The van der Waals surface area contributed by atoms with Crippen LogP contribution < -0.4 is 0 Å². The number of hydrogen-bond donors (Lipinski definition) is 1. The van der Waals surface area contributed by atoms with Crippen LogP contribution in [0.15, 0.2) is 59.5 Å². The van der Waals surface area contributed by atoms with Crippen LogP contribution in [0.3, 0.4) is 0 Å². The van der Waals surface area contributed by atoms with Crippen molar-refractivity contribution in [2.45, 2.75) is 24.3 Å². The van der Waals surface area contributed by atoms with Crippen LogP contribution in [0.4, 0.5) is 0 Å². The summed E-state index contributed by atoms with van der Waals surface area (Å²) in [6.45, 7) is 0.772. The van der Waals surface area contributed by atoms with Crippen LogP contribution in [0.2, 0.25) is 0 Å². The predicted octanol–water partition coefficient (Wildman–Crippen LogP) is 2.54. The van der Waals surface area contributed by atoms with Gasteiger partial charge in [-0.05, 0) is 42.7 Å². The number of ether oxygens (including phenoxy) is 1. The van der Waals surface area contributed by atoms with Gasteiger partial charge in [-0.15, -0.1) is 0 Å². The second kappa shape index (κ2) is 7.88. The molecule has 0 radical (unpaired) electrons. The first-order valence-corrected chi connectivity index (χ1v) is 9.90. The average molecular weight is 375 g/mol. The molecule has 138 valence electrons. The number of phenolic OH excluding ortho intramolecular Hbond substituents is 1. The van der Waals surface area contributed by atoms with Crippen molar-refractivity contribution < 1.29 is 23.1 Å². The van der Waals surface area contributed by atoms with E-state index in [1.807, 2.05) is 30.3 Å². The zero-order chi connectivity index (χ0) is 18.6. The SMILES string of the molecule is O=C(OCc1ccccc1)C1CCN(S(=O)(=O)c2ccc(O)cc2)CC1. The zero-order valence-corrected chi connectivity index (χ0v) is 15.1. The molecule has 26 heavy (non-hydrogen) atoms. The maximum Gasteiger partial charge on any atom is 0.309 e. The van der Waals surface area contributed by atoms with Gasteiger partial charge in [0.2, 0.25) is 10.0 Å². The van der Waals surface area contributed by atoms with Gasteiger partial charge < -0.3 is 9.84 Å². The van der Waals surface area contributed by atoms with E-state index >= 15 is 0 Å². The molecule has 3 rings (SSSR count). The van der Waals surface area contributed by atoms with Gasteiger partial charge in [0.15, 0.2) is 0 Å².